The molecule has 2 amide bonds. The van der Waals surface area contributed by atoms with Crippen molar-refractivity contribution in [2.75, 3.05) is 0 Å². The first-order valence-electron chi connectivity index (χ1n) is 6.97. The van der Waals surface area contributed by atoms with Crippen molar-refractivity contribution in [1.29, 1.82) is 0 Å². The van der Waals surface area contributed by atoms with Crippen molar-refractivity contribution in [3.05, 3.63) is 35.9 Å². The highest BCUT2D eigenvalue weighted by molar-refractivity contribution is 7.99. The fourth-order valence-electron chi connectivity index (χ4n) is 2.84. The molecule has 7 heteroatoms. The van der Waals surface area contributed by atoms with Crippen LogP contribution in [0.25, 0.3) is 0 Å². The van der Waals surface area contributed by atoms with Gasteiger partial charge in [0.2, 0.25) is 5.91 Å². The topological polar surface area (TPSA) is 40.6 Å². The molecule has 2 saturated heterocycles. The molecule has 1 aromatic carbocycles. The van der Waals surface area contributed by atoms with E-state index in [-0.39, 0.29) is 11.8 Å². The zero-order valence-electron chi connectivity index (χ0n) is 12.2. The van der Waals surface area contributed by atoms with Gasteiger partial charge in [0.1, 0.15) is 16.9 Å². The summed E-state index contributed by atoms with van der Waals surface area (Å²) >= 11 is 13.5. The van der Waals surface area contributed by atoms with Gasteiger partial charge in [-0.05, 0) is 31.4 Å². The number of hydrogen-bond donors (Lipinski definition) is 0. The van der Waals surface area contributed by atoms with E-state index < -0.39 is 21.7 Å². The number of alkyl halides is 2. The van der Waals surface area contributed by atoms with Gasteiger partial charge in [-0.15, -0.1) is 11.6 Å². The van der Waals surface area contributed by atoms with Gasteiger partial charge in [-0.25, -0.2) is 0 Å². The smallest absolute Gasteiger partial charge is 0.257 e. The minimum Gasteiger partial charge on any atom is -0.309 e. The molecule has 0 spiro atoms. The quantitative estimate of drug-likeness (QED) is 0.361. The molecule has 0 radical (unpaired) electrons. The predicted octanol–water partition coefficient (Wildman–Crippen LogP) is 2.84. The Kier molecular flexibility index (Phi) is 4.08. The lowest BCUT2D eigenvalue weighted by molar-refractivity contribution is -0.152. The lowest BCUT2D eigenvalue weighted by atomic mass is 9.96. The molecule has 118 valence electrons. The maximum Gasteiger partial charge on any atom is 0.257 e. The van der Waals surface area contributed by atoms with E-state index in [9.17, 15) is 9.59 Å². The first-order chi connectivity index (χ1) is 10.3. The molecular formula is C15H16Cl2N2O2S. The van der Waals surface area contributed by atoms with Crippen LogP contribution < -0.4 is 0 Å². The third-order valence-electron chi connectivity index (χ3n) is 3.93. The van der Waals surface area contributed by atoms with E-state index in [0.717, 1.165) is 5.56 Å². The number of carbonyl (C=O) groups is 2. The molecular weight excluding hydrogens is 343 g/mol. The van der Waals surface area contributed by atoms with Crippen molar-refractivity contribution in [1.82, 2.24) is 9.21 Å². The van der Waals surface area contributed by atoms with E-state index in [1.807, 2.05) is 44.2 Å². The lowest BCUT2D eigenvalue weighted by Crippen LogP contribution is -2.68. The molecule has 0 aromatic heterocycles. The molecule has 2 aliphatic heterocycles. The number of rotatable bonds is 3. The van der Waals surface area contributed by atoms with Gasteiger partial charge < -0.3 is 4.90 Å². The lowest BCUT2D eigenvalue weighted by Gasteiger charge is -2.46. The molecule has 0 saturated carbocycles. The van der Waals surface area contributed by atoms with Crippen molar-refractivity contribution in [2.24, 2.45) is 0 Å². The maximum absolute atomic E-state index is 12.8. The minimum atomic E-state index is -0.738. The van der Waals surface area contributed by atoms with Gasteiger partial charge in [-0.2, -0.15) is 0 Å². The van der Waals surface area contributed by atoms with Crippen LogP contribution in [0.15, 0.2) is 30.3 Å². The number of halogens is 2. The average Bonchev–Trinajstić information content (AvgIpc) is 2.71. The number of β-lactam (4-membered cyclic amide) rings is 1. The summed E-state index contributed by atoms with van der Waals surface area (Å²) in [5, 5.41) is -0.738. The summed E-state index contributed by atoms with van der Waals surface area (Å²) in [6, 6.07) is 9.19. The molecule has 2 heterocycles. The van der Waals surface area contributed by atoms with Crippen LogP contribution in [0.3, 0.4) is 0 Å². The normalized spacial score (nSPS) is 30.6. The van der Waals surface area contributed by atoms with Crippen molar-refractivity contribution in [2.45, 2.75) is 42.1 Å². The monoisotopic (exact) mass is 358 g/mol. The molecule has 2 aliphatic rings. The highest BCUT2D eigenvalue weighted by Crippen LogP contribution is 2.46. The number of nitrogens with zero attached hydrogens (tertiary/aromatic N) is 2. The van der Waals surface area contributed by atoms with Crippen LogP contribution in [0, 0.1) is 0 Å². The first-order valence-corrected chi connectivity index (χ1v) is 8.62. The number of hydrogen-bond acceptors (Lipinski definition) is 3. The Morgan fingerprint density at radius 2 is 1.77 bits per heavy atom. The van der Waals surface area contributed by atoms with Gasteiger partial charge in [0, 0.05) is 0 Å². The fourth-order valence-corrected chi connectivity index (χ4v) is 4.67. The Morgan fingerprint density at radius 3 is 2.36 bits per heavy atom. The van der Waals surface area contributed by atoms with Gasteiger partial charge in [0.15, 0.2) is 0 Å². The van der Waals surface area contributed by atoms with Crippen LogP contribution in [0.1, 0.15) is 19.4 Å². The summed E-state index contributed by atoms with van der Waals surface area (Å²) in [4.78, 5) is 26.2. The van der Waals surface area contributed by atoms with Gasteiger partial charge in [0.05, 0.1) is 11.3 Å². The summed E-state index contributed by atoms with van der Waals surface area (Å²) in [5.41, 5.74) is 0.423. The van der Waals surface area contributed by atoms with Crippen LogP contribution in [-0.4, -0.2) is 42.7 Å². The Labute approximate surface area is 143 Å². The zero-order valence-corrected chi connectivity index (χ0v) is 14.5. The highest BCUT2D eigenvalue weighted by atomic mass is 35.5. The molecule has 22 heavy (non-hydrogen) atoms. The number of benzene rings is 1. The molecule has 3 atom stereocenters. The van der Waals surface area contributed by atoms with Crippen molar-refractivity contribution in [3.63, 3.8) is 0 Å². The summed E-state index contributed by atoms with van der Waals surface area (Å²) < 4.78 is 1.27. The van der Waals surface area contributed by atoms with E-state index in [1.165, 1.54) is 16.8 Å². The minimum absolute atomic E-state index is 0.0959. The first kappa shape index (κ1) is 16.0. The summed E-state index contributed by atoms with van der Waals surface area (Å²) in [5.74, 6) is -0.364. The summed E-state index contributed by atoms with van der Waals surface area (Å²) in [7, 11) is 0. The predicted molar refractivity (Wildman–Crippen MR) is 88.6 cm³/mol. The second kappa shape index (κ2) is 5.62. The van der Waals surface area contributed by atoms with E-state index in [4.69, 9.17) is 23.2 Å². The molecule has 0 aliphatic carbocycles. The molecule has 0 bridgehead atoms. The Balaban J connectivity index is 1.81. The largest absolute Gasteiger partial charge is 0.309 e. The molecule has 1 aromatic rings. The van der Waals surface area contributed by atoms with Crippen LogP contribution in [0.2, 0.25) is 0 Å². The molecule has 4 nitrogen and oxygen atoms in total. The number of amides is 2. The van der Waals surface area contributed by atoms with E-state index >= 15 is 0 Å². The van der Waals surface area contributed by atoms with Gasteiger partial charge in [0.25, 0.3) is 5.91 Å². The van der Waals surface area contributed by atoms with Gasteiger partial charge in [-0.3, -0.25) is 13.9 Å². The van der Waals surface area contributed by atoms with E-state index in [2.05, 4.69) is 0 Å². The summed E-state index contributed by atoms with van der Waals surface area (Å²) in [6.45, 7) is 4.40. The van der Waals surface area contributed by atoms with Crippen LogP contribution in [0.4, 0.5) is 0 Å². The summed E-state index contributed by atoms with van der Waals surface area (Å²) in [6.07, 6.45) is 0. The van der Waals surface area contributed by atoms with E-state index in [1.54, 1.807) is 4.31 Å². The third-order valence-corrected chi connectivity index (χ3v) is 6.17. The van der Waals surface area contributed by atoms with Crippen LogP contribution in [0.5, 0.6) is 0 Å². The average molecular weight is 359 g/mol. The van der Waals surface area contributed by atoms with Crippen LogP contribution in [-0.2, 0) is 16.1 Å². The number of carbonyl (C=O) groups excluding carboxylic acids is 2. The Hall–Kier alpha value is -0.910. The second-order valence-corrected chi connectivity index (χ2v) is 8.57. The molecule has 0 N–H and O–H groups in total. The Bertz CT molecular complexity index is 611. The standard InChI is InChI=1S/C15H16Cl2N2O2S/c1-15(2)11(19-12(17)10(16)13(19)20)14(21)18(22-15)8-9-6-4-3-5-7-9/h3-7,10-12H,8H2,1-2H3/t10-,11?,12+/m1/s1. The molecule has 2 fully saturated rings. The van der Waals surface area contributed by atoms with Crippen molar-refractivity contribution < 1.29 is 9.59 Å². The van der Waals surface area contributed by atoms with Gasteiger partial charge >= 0.3 is 0 Å². The van der Waals surface area contributed by atoms with Crippen LogP contribution >= 0.6 is 35.1 Å². The maximum atomic E-state index is 12.8. The molecule has 3 rings (SSSR count). The SMILES string of the molecule is CC1(C)SN(Cc2ccccc2)C(=O)C1N1C(=O)[C@H](Cl)[C@H]1Cl. The Morgan fingerprint density at radius 1 is 1.14 bits per heavy atom. The van der Waals surface area contributed by atoms with Gasteiger partial charge in [-0.1, -0.05) is 41.9 Å². The van der Waals surface area contributed by atoms with Crippen molar-refractivity contribution in [3.8, 4) is 0 Å². The molecule has 1 unspecified atom stereocenters. The third kappa shape index (κ3) is 2.49. The highest BCUT2D eigenvalue weighted by Gasteiger charge is 2.59. The fraction of sp³-hybridized carbons (Fsp3) is 0.467. The zero-order chi connectivity index (χ0) is 16.1. The van der Waals surface area contributed by atoms with E-state index in [0.29, 0.717) is 6.54 Å². The second-order valence-electron chi connectivity index (χ2n) is 5.98. The number of likely N-dealkylation sites (tertiary alicyclic amines) is 1. The van der Waals surface area contributed by atoms with Crippen molar-refractivity contribution >= 4 is 47.0 Å².